The van der Waals surface area contributed by atoms with E-state index in [0.29, 0.717) is 6.04 Å². The van der Waals surface area contributed by atoms with Gasteiger partial charge in [0.15, 0.2) is 0 Å². The highest BCUT2D eigenvalue weighted by molar-refractivity contribution is 5.27. The van der Waals surface area contributed by atoms with Gasteiger partial charge in [0.05, 0.1) is 6.10 Å². The second-order valence-electron chi connectivity index (χ2n) is 5.56. The fourth-order valence-electron chi connectivity index (χ4n) is 2.45. The van der Waals surface area contributed by atoms with E-state index in [9.17, 15) is 0 Å². The minimum absolute atomic E-state index is 0.242. The highest BCUT2D eigenvalue weighted by Gasteiger charge is 2.11. The number of hydrogen-bond donors (Lipinski definition) is 2. The summed E-state index contributed by atoms with van der Waals surface area (Å²) in [5, 5.41) is 7.05. The van der Waals surface area contributed by atoms with Crippen molar-refractivity contribution in [1.29, 1.82) is 0 Å². The maximum absolute atomic E-state index is 5.64. The van der Waals surface area contributed by atoms with Crippen LogP contribution in [-0.2, 0) is 6.42 Å². The molecular formula is C16H26N2O. The number of piperidine rings is 1. The molecule has 0 bridgehead atoms. The van der Waals surface area contributed by atoms with Crippen molar-refractivity contribution < 1.29 is 4.74 Å². The van der Waals surface area contributed by atoms with Crippen molar-refractivity contribution >= 4 is 0 Å². The quantitative estimate of drug-likeness (QED) is 0.825. The second-order valence-corrected chi connectivity index (χ2v) is 5.56. The van der Waals surface area contributed by atoms with Crippen LogP contribution in [0.3, 0.4) is 0 Å². The minimum Gasteiger partial charge on any atom is -0.491 e. The van der Waals surface area contributed by atoms with Crippen LogP contribution < -0.4 is 15.4 Å². The Bertz CT molecular complexity index is 356. The average molecular weight is 262 g/mol. The van der Waals surface area contributed by atoms with Crippen molar-refractivity contribution in [2.24, 2.45) is 0 Å². The normalized spacial score (nSPS) is 19.6. The lowest BCUT2D eigenvalue weighted by molar-refractivity contribution is 0.242. The van der Waals surface area contributed by atoms with Crippen molar-refractivity contribution in [2.75, 3.05) is 19.6 Å². The summed E-state index contributed by atoms with van der Waals surface area (Å²) in [7, 11) is 0. The van der Waals surface area contributed by atoms with E-state index in [1.54, 1.807) is 0 Å². The highest BCUT2D eigenvalue weighted by atomic mass is 16.5. The number of hydrogen-bond acceptors (Lipinski definition) is 3. The Kier molecular flexibility index (Phi) is 5.67. The van der Waals surface area contributed by atoms with Crippen LogP contribution in [0.2, 0.25) is 0 Å². The van der Waals surface area contributed by atoms with Gasteiger partial charge in [0.2, 0.25) is 0 Å². The summed E-state index contributed by atoms with van der Waals surface area (Å²) in [6.45, 7) is 7.44. The van der Waals surface area contributed by atoms with Gasteiger partial charge in [0.25, 0.3) is 0 Å². The topological polar surface area (TPSA) is 33.3 Å². The summed E-state index contributed by atoms with van der Waals surface area (Å²) in [5.41, 5.74) is 1.37. The summed E-state index contributed by atoms with van der Waals surface area (Å²) in [4.78, 5) is 0. The Labute approximate surface area is 116 Å². The molecule has 0 aromatic heterocycles. The van der Waals surface area contributed by atoms with E-state index >= 15 is 0 Å². The first-order valence-electron chi connectivity index (χ1n) is 7.44. The molecule has 1 fully saturated rings. The molecule has 3 heteroatoms. The number of rotatable bonds is 6. The Hall–Kier alpha value is -1.06. The first-order valence-corrected chi connectivity index (χ1v) is 7.44. The summed E-state index contributed by atoms with van der Waals surface area (Å²) in [5.74, 6) is 0.961. The predicted molar refractivity (Wildman–Crippen MR) is 79.8 cm³/mol. The zero-order valence-electron chi connectivity index (χ0n) is 12.1. The van der Waals surface area contributed by atoms with Gasteiger partial charge in [0, 0.05) is 12.6 Å². The molecule has 2 rings (SSSR count). The summed E-state index contributed by atoms with van der Waals surface area (Å²) < 4.78 is 5.64. The molecule has 106 valence electrons. The van der Waals surface area contributed by atoms with Crippen LogP contribution in [0.15, 0.2) is 24.3 Å². The molecule has 3 nitrogen and oxygen atoms in total. The van der Waals surface area contributed by atoms with E-state index in [1.807, 2.05) is 0 Å². The van der Waals surface area contributed by atoms with Crippen LogP contribution in [0.5, 0.6) is 5.75 Å². The molecule has 0 amide bonds. The first kappa shape index (κ1) is 14.4. The van der Waals surface area contributed by atoms with Gasteiger partial charge in [-0.15, -0.1) is 0 Å². The largest absolute Gasteiger partial charge is 0.491 e. The fourth-order valence-corrected chi connectivity index (χ4v) is 2.45. The molecule has 0 spiro atoms. The van der Waals surface area contributed by atoms with Crippen molar-refractivity contribution in [3.8, 4) is 5.75 Å². The summed E-state index contributed by atoms with van der Waals surface area (Å²) in [6, 6.07) is 9.11. The lowest BCUT2D eigenvalue weighted by atomic mass is 10.1. The van der Waals surface area contributed by atoms with Crippen molar-refractivity contribution in [3.05, 3.63) is 29.8 Å². The van der Waals surface area contributed by atoms with Gasteiger partial charge in [-0.25, -0.2) is 0 Å². The molecule has 0 radical (unpaired) electrons. The average Bonchev–Trinajstić information content (AvgIpc) is 2.41. The number of ether oxygens (including phenoxy) is 1. The zero-order chi connectivity index (χ0) is 13.5. The van der Waals surface area contributed by atoms with Gasteiger partial charge in [0.1, 0.15) is 5.75 Å². The predicted octanol–water partition coefficient (Wildman–Crippen LogP) is 2.36. The van der Waals surface area contributed by atoms with E-state index < -0.39 is 0 Å². The molecule has 1 aliphatic heterocycles. The third kappa shape index (κ3) is 5.21. The molecular weight excluding hydrogens is 236 g/mol. The number of nitrogens with one attached hydrogen (secondary N) is 2. The van der Waals surface area contributed by atoms with E-state index in [-0.39, 0.29) is 6.10 Å². The van der Waals surface area contributed by atoms with E-state index in [2.05, 4.69) is 48.7 Å². The first-order chi connectivity index (χ1) is 9.24. The summed E-state index contributed by atoms with van der Waals surface area (Å²) in [6.07, 6.45) is 3.91. The molecule has 1 heterocycles. The standard InChI is InChI=1S/C16H26N2O/c1-13(2)19-16-7-5-14(6-8-16)9-11-18-15-4-3-10-17-12-15/h5-8,13,15,17-18H,3-4,9-12H2,1-2H3. The van der Waals surface area contributed by atoms with Crippen LogP contribution in [0, 0.1) is 0 Å². The zero-order valence-corrected chi connectivity index (χ0v) is 12.1. The molecule has 0 saturated carbocycles. The van der Waals surface area contributed by atoms with Gasteiger partial charge < -0.3 is 15.4 Å². The number of benzene rings is 1. The molecule has 1 aromatic rings. The molecule has 19 heavy (non-hydrogen) atoms. The van der Waals surface area contributed by atoms with Crippen LogP contribution in [-0.4, -0.2) is 31.8 Å². The van der Waals surface area contributed by atoms with Crippen LogP contribution in [0.25, 0.3) is 0 Å². The van der Waals surface area contributed by atoms with Gasteiger partial charge in [-0.3, -0.25) is 0 Å². The highest BCUT2D eigenvalue weighted by Crippen LogP contribution is 2.14. The molecule has 1 aromatic carbocycles. The molecule has 1 atom stereocenters. The van der Waals surface area contributed by atoms with Crippen molar-refractivity contribution in [1.82, 2.24) is 10.6 Å². The Morgan fingerprint density at radius 1 is 1.32 bits per heavy atom. The molecule has 1 unspecified atom stereocenters. The van der Waals surface area contributed by atoms with Crippen LogP contribution in [0.4, 0.5) is 0 Å². The second kappa shape index (κ2) is 7.51. The SMILES string of the molecule is CC(C)Oc1ccc(CCNC2CCCNC2)cc1. The molecule has 1 saturated heterocycles. The van der Waals surface area contributed by atoms with Crippen molar-refractivity contribution in [2.45, 2.75) is 45.3 Å². The van der Waals surface area contributed by atoms with E-state index in [0.717, 1.165) is 25.3 Å². The maximum atomic E-state index is 5.64. The van der Waals surface area contributed by atoms with E-state index in [1.165, 1.54) is 24.9 Å². The Morgan fingerprint density at radius 3 is 2.74 bits per heavy atom. The lowest BCUT2D eigenvalue weighted by Crippen LogP contribution is -2.43. The smallest absolute Gasteiger partial charge is 0.119 e. The molecule has 0 aliphatic carbocycles. The third-order valence-electron chi connectivity index (χ3n) is 3.44. The van der Waals surface area contributed by atoms with Gasteiger partial charge in [-0.05, 0) is 63.9 Å². The Balaban J connectivity index is 1.70. The minimum atomic E-state index is 0.242. The Morgan fingerprint density at radius 2 is 2.11 bits per heavy atom. The summed E-state index contributed by atoms with van der Waals surface area (Å²) >= 11 is 0. The van der Waals surface area contributed by atoms with Crippen LogP contribution >= 0.6 is 0 Å². The fraction of sp³-hybridized carbons (Fsp3) is 0.625. The molecule has 2 N–H and O–H groups in total. The van der Waals surface area contributed by atoms with Gasteiger partial charge in [-0.2, -0.15) is 0 Å². The van der Waals surface area contributed by atoms with Crippen molar-refractivity contribution in [3.63, 3.8) is 0 Å². The van der Waals surface area contributed by atoms with Crippen LogP contribution in [0.1, 0.15) is 32.3 Å². The monoisotopic (exact) mass is 262 g/mol. The lowest BCUT2D eigenvalue weighted by Gasteiger charge is -2.23. The third-order valence-corrected chi connectivity index (χ3v) is 3.44. The molecule has 1 aliphatic rings. The maximum Gasteiger partial charge on any atom is 0.119 e. The van der Waals surface area contributed by atoms with Gasteiger partial charge >= 0.3 is 0 Å². The van der Waals surface area contributed by atoms with Gasteiger partial charge in [-0.1, -0.05) is 12.1 Å². The van der Waals surface area contributed by atoms with E-state index in [4.69, 9.17) is 4.74 Å².